The summed E-state index contributed by atoms with van der Waals surface area (Å²) in [6.07, 6.45) is 0.311. The van der Waals surface area contributed by atoms with E-state index in [0.29, 0.717) is 6.42 Å². The maximum absolute atomic E-state index is 11.7. The van der Waals surface area contributed by atoms with E-state index in [9.17, 15) is 14.4 Å². The minimum Gasteiger partial charge on any atom is -0.368 e. The van der Waals surface area contributed by atoms with Gasteiger partial charge in [-0.2, -0.15) is 0 Å². The van der Waals surface area contributed by atoms with Gasteiger partial charge in [0, 0.05) is 13.3 Å². The predicted octanol–water partition coefficient (Wildman–Crippen LogP) is 0.633. The highest BCUT2D eigenvalue weighted by atomic mass is 16.2. The Labute approximate surface area is 136 Å². The SMILES string of the molecule is CC(=O)NCC(=O)N[C@@H](Cc1ccc(C(C)(C)C)cc1)C(N)=O. The zero-order valence-corrected chi connectivity index (χ0v) is 14.1. The number of hydrogen-bond acceptors (Lipinski definition) is 3. The van der Waals surface area contributed by atoms with E-state index in [1.54, 1.807) is 0 Å². The van der Waals surface area contributed by atoms with Gasteiger partial charge in [-0.05, 0) is 16.5 Å². The number of carbonyl (C=O) groups is 3. The third-order valence-electron chi connectivity index (χ3n) is 3.44. The van der Waals surface area contributed by atoms with Gasteiger partial charge in [0.05, 0.1) is 6.54 Å². The molecule has 0 saturated carbocycles. The summed E-state index contributed by atoms with van der Waals surface area (Å²) in [6, 6.07) is 7.06. The number of primary amides is 1. The van der Waals surface area contributed by atoms with Crippen molar-refractivity contribution >= 4 is 17.7 Å². The van der Waals surface area contributed by atoms with E-state index in [0.717, 1.165) is 5.56 Å². The quantitative estimate of drug-likeness (QED) is 0.717. The topological polar surface area (TPSA) is 101 Å². The second-order valence-corrected chi connectivity index (χ2v) is 6.58. The molecule has 0 unspecified atom stereocenters. The fraction of sp³-hybridized carbons (Fsp3) is 0.471. The molecular formula is C17H25N3O3. The number of rotatable bonds is 6. The Balaban J connectivity index is 2.71. The molecule has 0 aromatic heterocycles. The van der Waals surface area contributed by atoms with Crippen LogP contribution in [0.25, 0.3) is 0 Å². The molecule has 0 aliphatic carbocycles. The van der Waals surface area contributed by atoms with Crippen molar-refractivity contribution in [1.29, 1.82) is 0 Å². The zero-order valence-electron chi connectivity index (χ0n) is 14.1. The number of hydrogen-bond donors (Lipinski definition) is 3. The van der Waals surface area contributed by atoms with Gasteiger partial charge in [-0.3, -0.25) is 14.4 Å². The first-order valence-electron chi connectivity index (χ1n) is 7.52. The molecule has 1 aromatic rings. The van der Waals surface area contributed by atoms with Crippen LogP contribution in [0.1, 0.15) is 38.8 Å². The van der Waals surface area contributed by atoms with Crippen molar-refractivity contribution < 1.29 is 14.4 Å². The minimum atomic E-state index is -0.809. The second kappa shape index (κ2) is 7.76. The van der Waals surface area contributed by atoms with E-state index in [1.807, 2.05) is 24.3 Å². The second-order valence-electron chi connectivity index (χ2n) is 6.58. The molecule has 0 spiro atoms. The van der Waals surface area contributed by atoms with Crippen LogP contribution in [0.5, 0.6) is 0 Å². The van der Waals surface area contributed by atoms with Crippen LogP contribution in [0.15, 0.2) is 24.3 Å². The smallest absolute Gasteiger partial charge is 0.240 e. The molecule has 0 heterocycles. The molecule has 0 radical (unpaired) electrons. The molecule has 6 heteroatoms. The summed E-state index contributed by atoms with van der Waals surface area (Å²) in [4.78, 5) is 34.0. The van der Waals surface area contributed by atoms with Crippen molar-refractivity contribution in [2.75, 3.05) is 6.54 Å². The first-order chi connectivity index (χ1) is 10.6. The normalized spacial score (nSPS) is 12.3. The summed E-state index contributed by atoms with van der Waals surface area (Å²) in [6.45, 7) is 7.50. The van der Waals surface area contributed by atoms with E-state index in [2.05, 4.69) is 31.4 Å². The Morgan fingerprint density at radius 2 is 1.70 bits per heavy atom. The number of carbonyl (C=O) groups excluding carboxylic acids is 3. The van der Waals surface area contributed by atoms with Gasteiger partial charge in [-0.1, -0.05) is 45.0 Å². The van der Waals surface area contributed by atoms with E-state index < -0.39 is 17.9 Å². The van der Waals surface area contributed by atoms with Crippen molar-refractivity contribution in [3.63, 3.8) is 0 Å². The summed E-state index contributed by atoms with van der Waals surface area (Å²) in [5.41, 5.74) is 7.49. The maximum atomic E-state index is 11.7. The van der Waals surface area contributed by atoms with Crippen LogP contribution < -0.4 is 16.4 Å². The minimum absolute atomic E-state index is 0.0498. The molecule has 0 bridgehead atoms. The average Bonchev–Trinajstić information content (AvgIpc) is 2.44. The largest absolute Gasteiger partial charge is 0.368 e. The molecule has 126 valence electrons. The van der Waals surface area contributed by atoms with Gasteiger partial charge in [0.25, 0.3) is 0 Å². The Kier molecular flexibility index (Phi) is 6.30. The Morgan fingerprint density at radius 3 is 2.13 bits per heavy atom. The fourth-order valence-corrected chi connectivity index (χ4v) is 2.05. The molecule has 4 N–H and O–H groups in total. The van der Waals surface area contributed by atoms with Gasteiger partial charge in [0.2, 0.25) is 17.7 Å². The van der Waals surface area contributed by atoms with Gasteiger partial charge < -0.3 is 16.4 Å². The van der Waals surface area contributed by atoms with Crippen LogP contribution in [0.3, 0.4) is 0 Å². The standard InChI is InChI=1S/C17H25N3O3/c1-11(21)19-10-15(22)20-14(16(18)23)9-12-5-7-13(8-6-12)17(2,3)4/h5-8,14H,9-10H2,1-4H3,(H2,18,23)(H,19,21)(H,20,22)/t14-/m0/s1. The zero-order chi connectivity index (χ0) is 17.6. The fourth-order valence-electron chi connectivity index (χ4n) is 2.05. The van der Waals surface area contributed by atoms with Crippen molar-refractivity contribution in [1.82, 2.24) is 10.6 Å². The lowest BCUT2D eigenvalue weighted by Gasteiger charge is -2.20. The lowest BCUT2D eigenvalue weighted by atomic mass is 9.86. The highest BCUT2D eigenvalue weighted by Gasteiger charge is 2.19. The molecule has 0 fully saturated rings. The van der Waals surface area contributed by atoms with Gasteiger partial charge in [0.15, 0.2) is 0 Å². The van der Waals surface area contributed by atoms with Crippen LogP contribution in [-0.4, -0.2) is 30.3 Å². The van der Waals surface area contributed by atoms with Crippen LogP contribution in [-0.2, 0) is 26.2 Å². The van der Waals surface area contributed by atoms with Crippen molar-refractivity contribution in [2.24, 2.45) is 5.73 Å². The molecule has 1 rings (SSSR count). The molecule has 23 heavy (non-hydrogen) atoms. The summed E-state index contributed by atoms with van der Waals surface area (Å²) in [5, 5.41) is 4.91. The van der Waals surface area contributed by atoms with Gasteiger partial charge in [-0.25, -0.2) is 0 Å². The van der Waals surface area contributed by atoms with E-state index in [1.165, 1.54) is 12.5 Å². The van der Waals surface area contributed by atoms with E-state index in [4.69, 9.17) is 5.73 Å². The Hall–Kier alpha value is -2.37. The first kappa shape index (κ1) is 18.7. The lowest BCUT2D eigenvalue weighted by Crippen LogP contribution is -2.48. The summed E-state index contributed by atoms with van der Waals surface area (Å²) >= 11 is 0. The molecule has 6 nitrogen and oxygen atoms in total. The molecule has 0 aliphatic heterocycles. The monoisotopic (exact) mass is 319 g/mol. The average molecular weight is 319 g/mol. The molecular weight excluding hydrogens is 294 g/mol. The number of benzene rings is 1. The Bertz CT molecular complexity index is 574. The lowest BCUT2D eigenvalue weighted by molar-refractivity contribution is -0.128. The first-order valence-corrected chi connectivity index (χ1v) is 7.52. The highest BCUT2D eigenvalue weighted by Crippen LogP contribution is 2.22. The maximum Gasteiger partial charge on any atom is 0.240 e. The third-order valence-corrected chi connectivity index (χ3v) is 3.44. The van der Waals surface area contributed by atoms with Crippen LogP contribution in [0.2, 0.25) is 0 Å². The highest BCUT2D eigenvalue weighted by molar-refractivity contribution is 5.89. The van der Waals surface area contributed by atoms with E-state index in [-0.39, 0.29) is 17.9 Å². The number of amides is 3. The predicted molar refractivity (Wildman–Crippen MR) is 88.7 cm³/mol. The Morgan fingerprint density at radius 1 is 1.13 bits per heavy atom. The van der Waals surface area contributed by atoms with Gasteiger partial charge >= 0.3 is 0 Å². The van der Waals surface area contributed by atoms with Gasteiger partial charge in [-0.15, -0.1) is 0 Å². The number of nitrogens with one attached hydrogen (secondary N) is 2. The third kappa shape index (κ3) is 6.50. The number of nitrogens with two attached hydrogens (primary N) is 1. The molecule has 3 amide bonds. The summed E-state index contributed by atoms with van der Waals surface area (Å²) < 4.78 is 0. The molecule has 1 atom stereocenters. The van der Waals surface area contributed by atoms with Crippen molar-refractivity contribution in [3.05, 3.63) is 35.4 Å². The van der Waals surface area contributed by atoms with Crippen LogP contribution >= 0.6 is 0 Å². The van der Waals surface area contributed by atoms with Crippen LogP contribution in [0.4, 0.5) is 0 Å². The summed E-state index contributed by atoms with van der Waals surface area (Å²) in [7, 11) is 0. The van der Waals surface area contributed by atoms with Crippen LogP contribution in [0, 0.1) is 0 Å². The van der Waals surface area contributed by atoms with Crippen molar-refractivity contribution in [3.8, 4) is 0 Å². The molecule has 1 aromatic carbocycles. The molecule has 0 saturated heterocycles. The molecule has 0 aliphatic rings. The van der Waals surface area contributed by atoms with Gasteiger partial charge in [0.1, 0.15) is 6.04 Å². The summed E-state index contributed by atoms with van der Waals surface area (Å²) in [5.74, 6) is -1.37. The van der Waals surface area contributed by atoms with E-state index >= 15 is 0 Å². The van der Waals surface area contributed by atoms with Crippen molar-refractivity contribution in [2.45, 2.75) is 45.6 Å².